The van der Waals surface area contributed by atoms with Crippen LogP contribution in [0, 0.1) is 0 Å². The van der Waals surface area contributed by atoms with E-state index in [4.69, 9.17) is 4.98 Å². The number of pyridine rings is 1. The second-order valence-electron chi connectivity index (χ2n) is 12.7. The van der Waals surface area contributed by atoms with Crippen molar-refractivity contribution in [1.29, 1.82) is 0 Å². The normalized spacial score (nSPS) is 13.7. The molecule has 0 unspecified atom stereocenters. The molecule has 2 nitrogen and oxygen atoms in total. The van der Waals surface area contributed by atoms with Gasteiger partial charge >= 0.3 is 0 Å². The van der Waals surface area contributed by atoms with E-state index in [1.165, 1.54) is 80.7 Å². The summed E-state index contributed by atoms with van der Waals surface area (Å²) in [5.74, 6) is 0. The lowest BCUT2D eigenvalue weighted by Gasteiger charge is -2.34. The Morgan fingerprint density at radius 2 is 1.32 bits per heavy atom. The summed E-state index contributed by atoms with van der Waals surface area (Å²) >= 11 is 1.81. The van der Waals surface area contributed by atoms with Gasteiger partial charge < -0.3 is 4.57 Å². The molecule has 1 aliphatic rings. The van der Waals surface area contributed by atoms with Gasteiger partial charge in [-0.15, -0.1) is 11.3 Å². The Kier molecular flexibility index (Phi) is 4.95. The van der Waals surface area contributed by atoms with Gasteiger partial charge in [-0.25, -0.2) is 0 Å². The fourth-order valence-corrected chi connectivity index (χ4v) is 9.71. The highest BCUT2D eigenvalue weighted by Crippen LogP contribution is 2.60. The van der Waals surface area contributed by atoms with E-state index in [0.29, 0.717) is 0 Å². The molecule has 11 rings (SSSR count). The predicted molar refractivity (Wildman–Crippen MR) is 197 cm³/mol. The number of fused-ring (bicyclic) bond motifs is 7. The van der Waals surface area contributed by atoms with Crippen LogP contribution in [0.15, 0.2) is 158 Å². The maximum absolute atomic E-state index is 4.83. The third-order valence-corrected chi connectivity index (χ3v) is 11.6. The van der Waals surface area contributed by atoms with Crippen molar-refractivity contribution in [3.63, 3.8) is 0 Å². The second-order valence-corrected chi connectivity index (χ2v) is 13.8. The minimum absolute atomic E-state index is 0.513. The Hall–Kier alpha value is -5.77. The lowest BCUT2D eigenvalue weighted by Crippen LogP contribution is -2.29. The number of hydrogen-bond donors (Lipinski definition) is 0. The summed E-state index contributed by atoms with van der Waals surface area (Å²) in [5, 5.41) is 6.40. The highest BCUT2D eigenvalue weighted by molar-refractivity contribution is 7.25. The molecule has 3 aromatic heterocycles. The molecule has 0 bridgehead atoms. The third-order valence-electron chi connectivity index (χ3n) is 10.4. The zero-order chi connectivity index (χ0) is 30.7. The molecule has 0 amide bonds. The van der Waals surface area contributed by atoms with Crippen LogP contribution in [0.1, 0.15) is 22.3 Å². The summed E-state index contributed by atoms with van der Waals surface area (Å²) in [6.45, 7) is 0. The number of nitrogens with zero attached hydrogens (tertiary/aromatic N) is 2. The molecule has 10 aromatic rings. The summed E-state index contributed by atoms with van der Waals surface area (Å²) in [6.07, 6.45) is 1.91. The van der Waals surface area contributed by atoms with Gasteiger partial charge in [0.2, 0.25) is 0 Å². The molecule has 0 atom stereocenters. The number of aromatic nitrogens is 2. The van der Waals surface area contributed by atoms with Gasteiger partial charge in [0.05, 0.1) is 26.7 Å². The minimum atomic E-state index is -0.513. The first-order chi connectivity index (χ1) is 23.3. The summed E-state index contributed by atoms with van der Waals surface area (Å²) < 4.78 is 5.04. The SMILES string of the molecule is c1ccc(C2(c3ccccc3)c3ccccc3-c3cc4ccc5cccc6c5c4c(c32)n6-c2ccc3sc4cccnc4c3c2)cc1. The molecule has 0 fully saturated rings. The summed E-state index contributed by atoms with van der Waals surface area (Å²) in [5.41, 5.74) is 12.1. The van der Waals surface area contributed by atoms with Crippen molar-refractivity contribution in [2.75, 3.05) is 0 Å². The average Bonchev–Trinajstić information content (AvgIpc) is 3.78. The molecule has 0 saturated carbocycles. The van der Waals surface area contributed by atoms with Crippen LogP contribution in [0.5, 0.6) is 0 Å². The van der Waals surface area contributed by atoms with Crippen LogP contribution >= 0.6 is 11.3 Å². The van der Waals surface area contributed by atoms with E-state index < -0.39 is 5.41 Å². The van der Waals surface area contributed by atoms with Crippen LogP contribution in [0.3, 0.4) is 0 Å². The van der Waals surface area contributed by atoms with Crippen LogP contribution in [-0.2, 0) is 5.41 Å². The standard InChI is InChI=1S/C44H26N2S/c1-3-12-29(13-4-1)44(30-14-5-2-6-15-30)35-17-8-7-16-32(35)33-25-28-21-20-27-11-9-18-36-39(27)40(28)43(41(33)44)46(36)31-22-23-37-34(26-31)42-38(47-37)19-10-24-45-42/h1-26H. The van der Waals surface area contributed by atoms with E-state index in [1.54, 1.807) is 0 Å². The van der Waals surface area contributed by atoms with Crippen molar-refractivity contribution in [3.8, 4) is 16.8 Å². The molecular weight excluding hydrogens is 589 g/mol. The topological polar surface area (TPSA) is 17.8 Å². The maximum atomic E-state index is 4.83. The minimum Gasteiger partial charge on any atom is -0.309 e. The van der Waals surface area contributed by atoms with Gasteiger partial charge in [-0.2, -0.15) is 0 Å². The van der Waals surface area contributed by atoms with Crippen molar-refractivity contribution in [1.82, 2.24) is 9.55 Å². The smallest absolute Gasteiger partial charge is 0.0889 e. The van der Waals surface area contributed by atoms with Crippen molar-refractivity contribution in [2.45, 2.75) is 5.41 Å². The van der Waals surface area contributed by atoms with Crippen LogP contribution < -0.4 is 0 Å². The second kappa shape index (κ2) is 9.16. The Morgan fingerprint density at radius 1 is 0.553 bits per heavy atom. The van der Waals surface area contributed by atoms with E-state index >= 15 is 0 Å². The largest absolute Gasteiger partial charge is 0.309 e. The molecule has 218 valence electrons. The molecule has 0 radical (unpaired) electrons. The molecular formula is C44H26N2S. The van der Waals surface area contributed by atoms with Crippen LogP contribution in [0.4, 0.5) is 0 Å². The molecule has 3 heterocycles. The van der Waals surface area contributed by atoms with Crippen LogP contribution in [-0.4, -0.2) is 9.55 Å². The van der Waals surface area contributed by atoms with Gasteiger partial charge in [0.15, 0.2) is 0 Å². The number of benzene rings is 7. The number of thiophene rings is 1. The van der Waals surface area contributed by atoms with E-state index in [0.717, 1.165) is 11.2 Å². The summed E-state index contributed by atoms with van der Waals surface area (Å²) in [4.78, 5) is 4.83. The lowest BCUT2D eigenvalue weighted by molar-refractivity contribution is 0.772. The van der Waals surface area contributed by atoms with E-state index in [9.17, 15) is 0 Å². The van der Waals surface area contributed by atoms with Crippen molar-refractivity contribution < 1.29 is 0 Å². The number of rotatable bonds is 3. The molecule has 3 heteroatoms. The average molecular weight is 615 g/mol. The first-order valence-corrected chi connectivity index (χ1v) is 17.0. The first-order valence-electron chi connectivity index (χ1n) is 16.1. The van der Waals surface area contributed by atoms with Gasteiger partial charge in [-0.05, 0) is 81.1 Å². The monoisotopic (exact) mass is 614 g/mol. The third kappa shape index (κ3) is 3.17. The van der Waals surface area contributed by atoms with E-state index in [2.05, 4.69) is 150 Å². The zero-order valence-electron chi connectivity index (χ0n) is 25.3. The fraction of sp³-hybridized carbons (Fsp3) is 0.0227. The van der Waals surface area contributed by atoms with Gasteiger partial charge in [-0.3, -0.25) is 4.98 Å². The molecule has 0 spiro atoms. The number of hydrogen-bond acceptors (Lipinski definition) is 2. The Bertz CT molecular complexity index is 2800. The Morgan fingerprint density at radius 3 is 2.15 bits per heavy atom. The van der Waals surface area contributed by atoms with Gasteiger partial charge in [-0.1, -0.05) is 109 Å². The molecule has 0 saturated heterocycles. The summed E-state index contributed by atoms with van der Waals surface area (Å²) in [6, 6.07) is 56.4. The Balaban J connectivity index is 1.40. The highest BCUT2D eigenvalue weighted by atomic mass is 32.1. The van der Waals surface area contributed by atoms with Crippen LogP contribution in [0.2, 0.25) is 0 Å². The molecule has 1 aliphatic carbocycles. The lowest BCUT2D eigenvalue weighted by atomic mass is 9.67. The predicted octanol–water partition coefficient (Wildman–Crippen LogP) is 11.5. The van der Waals surface area contributed by atoms with Crippen LogP contribution in [0.25, 0.3) is 69.7 Å². The van der Waals surface area contributed by atoms with Crippen molar-refractivity contribution in [2.24, 2.45) is 0 Å². The van der Waals surface area contributed by atoms with E-state index in [-0.39, 0.29) is 0 Å². The fourth-order valence-electron chi connectivity index (χ4n) is 8.67. The molecule has 0 aliphatic heterocycles. The van der Waals surface area contributed by atoms with E-state index in [1.807, 2.05) is 23.6 Å². The van der Waals surface area contributed by atoms with Crippen molar-refractivity contribution >= 4 is 64.2 Å². The van der Waals surface area contributed by atoms with Crippen molar-refractivity contribution in [3.05, 3.63) is 180 Å². The van der Waals surface area contributed by atoms with Gasteiger partial charge in [0.1, 0.15) is 0 Å². The molecule has 7 aromatic carbocycles. The Labute approximate surface area is 275 Å². The molecule has 47 heavy (non-hydrogen) atoms. The first kappa shape index (κ1) is 25.4. The maximum Gasteiger partial charge on any atom is 0.0889 e. The molecule has 0 N–H and O–H groups in total. The van der Waals surface area contributed by atoms with Gasteiger partial charge in [0.25, 0.3) is 0 Å². The zero-order valence-corrected chi connectivity index (χ0v) is 26.1. The quantitative estimate of drug-likeness (QED) is 0.181. The highest BCUT2D eigenvalue weighted by Gasteiger charge is 2.48. The summed E-state index contributed by atoms with van der Waals surface area (Å²) in [7, 11) is 0. The van der Waals surface area contributed by atoms with Gasteiger partial charge in [0, 0.05) is 38.3 Å².